The van der Waals surface area contributed by atoms with E-state index in [2.05, 4.69) is 24.5 Å². The minimum Gasteiger partial charge on any atom is -0.354 e. The Morgan fingerprint density at radius 1 is 0.900 bits per heavy atom. The Labute approximate surface area is 126 Å². The molecule has 124 valence electrons. The minimum atomic E-state index is -0.417. The van der Waals surface area contributed by atoms with Gasteiger partial charge >= 0.3 is 0 Å². The van der Waals surface area contributed by atoms with Crippen molar-refractivity contribution in [2.24, 2.45) is 0 Å². The Balaban J connectivity index is -0.000000218. The quantitative estimate of drug-likeness (QED) is 0.520. The highest BCUT2D eigenvalue weighted by Crippen LogP contribution is 2.05. The second-order valence-corrected chi connectivity index (χ2v) is 5.24. The molecule has 0 amide bonds. The molecular weight excluding hydrogens is 254 g/mol. The summed E-state index contributed by atoms with van der Waals surface area (Å²) in [6, 6.07) is 0. The maximum Gasteiger partial charge on any atom is 0.161 e. The zero-order chi connectivity index (χ0) is 16.8. The molecular formula is C15H37N3O2. The molecule has 0 unspecified atom stereocenters. The summed E-state index contributed by atoms with van der Waals surface area (Å²) < 4.78 is 9.73. The van der Waals surface area contributed by atoms with E-state index >= 15 is 0 Å². The van der Waals surface area contributed by atoms with Crippen molar-refractivity contribution >= 4 is 5.71 Å². The topological polar surface area (TPSA) is 66.4 Å². The first-order valence-corrected chi connectivity index (χ1v) is 7.10. The molecule has 0 radical (unpaired) electrons. The van der Waals surface area contributed by atoms with Crippen LogP contribution in [0, 0.1) is 5.41 Å². The van der Waals surface area contributed by atoms with Gasteiger partial charge in [0, 0.05) is 19.9 Å². The first-order valence-electron chi connectivity index (χ1n) is 7.10. The van der Waals surface area contributed by atoms with Crippen LogP contribution in [0.25, 0.3) is 0 Å². The fourth-order valence-electron chi connectivity index (χ4n) is 0.458. The Hall–Kier alpha value is -0.490. The second-order valence-electron chi connectivity index (χ2n) is 5.24. The van der Waals surface area contributed by atoms with Crippen LogP contribution < -0.4 is 10.6 Å². The summed E-state index contributed by atoms with van der Waals surface area (Å²) in [6.45, 7) is 11.9. The molecule has 0 aliphatic heterocycles. The lowest BCUT2D eigenvalue weighted by Gasteiger charge is -2.22. The first kappa shape index (κ1) is 24.5. The molecule has 0 fully saturated rings. The van der Waals surface area contributed by atoms with Crippen LogP contribution in [0.5, 0.6) is 0 Å². The molecule has 0 saturated heterocycles. The van der Waals surface area contributed by atoms with E-state index in [4.69, 9.17) is 14.9 Å². The van der Waals surface area contributed by atoms with Gasteiger partial charge in [-0.1, -0.05) is 13.8 Å². The lowest BCUT2D eigenvalue weighted by molar-refractivity contribution is -0.178. The van der Waals surface area contributed by atoms with E-state index < -0.39 is 5.79 Å². The van der Waals surface area contributed by atoms with Gasteiger partial charge in [0.05, 0.1) is 5.66 Å². The smallest absolute Gasteiger partial charge is 0.161 e. The first-order chi connectivity index (χ1) is 9.05. The van der Waals surface area contributed by atoms with Crippen molar-refractivity contribution in [3.63, 3.8) is 0 Å². The van der Waals surface area contributed by atoms with Gasteiger partial charge < -0.3 is 25.5 Å². The molecule has 0 heterocycles. The third kappa shape index (κ3) is 19.8. The van der Waals surface area contributed by atoms with Gasteiger partial charge in [0.25, 0.3) is 0 Å². The summed E-state index contributed by atoms with van der Waals surface area (Å²) in [5, 5.41) is 13.1. The average Bonchev–Trinajstić information content (AvgIpc) is 2.47. The van der Waals surface area contributed by atoms with Crippen molar-refractivity contribution in [1.29, 1.82) is 5.41 Å². The molecule has 0 rings (SSSR count). The van der Waals surface area contributed by atoms with Crippen molar-refractivity contribution in [3.05, 3.63) is 0 Å². The van der Waals surface area contributed by atoms with Gasteiger partial charge in [0.1, 0.15) is 0 Å². The van der Waals surface area contributed by atoms with Crippen molar-refractivity contribution in [2.45, 2.75) is 65.8 Å². The molecule has 0 bridgehead atoms. The van der Waals surface area contributed by atoms with Gasteiger partial charge in [-0.25, -0.2) is 0 Å². The van der Waals surface area contributed by atoms with Crippen molar-refractivity contribution in [2.75, 3.05) is 28.3 Å². The monoisotopic (exact) mass is 291 g/mol. The zero-order valence-corrected chi connectivity index (χ0v) is 15.2. The third-order valence-corrected chi connectivity index (χ3v) is 3.09. The fourth-order valence-corrected chi connectivity index (χ4v) is 0.458. The van der Waals surface area contributed by atoms with Gasteiger partial charge in [0.2, 0.25) is 0 Å². The van der Waals surface area contributed by atoms with E-state index in [0.29, 0.717) is 0 Å². The van der Waals surface area contributed by atoms with Crippen molar-refractivity contribution in [3.8, 4) is 0 Å². The maximum atomic E-state index is 6.99. The van der Waals surface area contributed by atoms with Crippen molar-refractivity contribution in [1.82, 2.24) is 10.6 Å². The SMILES string of the molecule is CCC(=N)CC.CNC(C)(C)NC.COC(C)(C)OC. The second kappa shape index (κ2) is 13.5. The van der Waals surface area contributed by atoms with Gasteiger partial charge in [-0.05, 0) is 54.6 Å². The summed E-state index contributed by atoms with van der Waals surface area (Å²) in [4.78, 5) is 0. The Morgan fingerprint density at radius 3 is 1.20 bits per heavy atom. The molecule has 0 aromatic heterocycles. The van der Waals surface area contributed by atoms with Gasteiger partial charge in [-0.15, -0.1) is 0 Å². The van der Waals surface area contributed by atoms with Crippen LogP contribution in [-0.4, -0.2) is 45.5 Å². The number of nitrogens with one attached hydrogen (secondary N) is 3. The van der Waals surface area contributed by atoms with Gasteiger partial charge in [-0.2, -0.15) is 0 Å². The van der Waals surface area contributed by atoms with Crippen LogP contribution in [0.2, 0.25) is 0 Å². The number of ether oxygens (including phenoxy) is 2. The third-order valence-electron chi connectivity index (χ3n) is 3.09. The Morgan fingerprint density at radius 2 is 1.20 bits per heavy atom. The molecule has 20 heavy (non-hydrogen) atoms. The lowest BCUT2D eigenvalue weighted by atomic mass is 10.2. The summed E-state index contributed by atoms with van der Waals surface area (Å²) >= 11 is 0. The Bertz CT molecular complexity index is 195. The van der Waals surface area contributed by atoms with E-state index in [9.17, 15) is 0 Å². The Kier molecular flexibility index (Phi) is 16.5. The highest BCUT2D eigenvalue weighted by atomic mass is 16.7. The van der Waals surface area contributed by atoms with Crippen LogP contribution >= 0.6 is 0 Å². The average molecular weight is 291 g/mol. The number of hydrogen-bond acceptors (Lipinski definition) is 5. The van der Waals surface area contributed by atoms with E-state index in [-0.39, 0.29) is 5.66 Å². The molecule has 0 saturated carbocycles. The number of methoxy groups -OCH3 is 2. The van der Waals surface area contributed by atoms with Crippen LogP contribution in [0.4, 0.5) is 0 Å². The molecule has 5 heteroatoms. The predicted molar refractivity (Wildman–Crippen MR) is 88.6 cm³/mol. The number of rotatable bonds is 6. The fraction of sp³-hybridized carbons (Fsp3) is 0.933. The highest BCUT2D eigenvalue weighted by Gasteiger charge is 2.12. The zero-order valence-electron chi connectivity index (χ0n) is 15.2. The largest absolute Gasteiger partial charge is 0.354 e. The van der Waals surface area contributed by atoms with Crippen LogP contribution in [0.15, 0.2) is 0 Å². The van der Waals surface area contributed by atoms with E-state index in [1.807, 2.05) is 41.8 Å². The molecule has 0 aromatic rings. The van der Waals surface area contributed by atoms with E-state index in [0.717, 1.165) is 18.6 Å². The molecule has 0 aliphatic rings. The molecule has 0 atom stereocenters. The maximum absolute atomic E-state index is 6.99. The molecule has 5 nitrogen and oxygen atoms in total. The normalized spacial score (nSPS) is 10.9. The summed E-state index contributed by atoms with van der Waals surface area (Å²) in [5.41, 5.74) is 0.926. The van der Waals surface area contributed by atoms with Crippen LogP contribution in [-0.2, 0) is 9.47 Å². The van der Waals surface area contributed by atoms with Crippen molar-refractivity contribution < 1.29 is 9.47 Å². The van der Waals surface area contributed by atoms with Gasteiger partial charge in [-0.3, -0.25) is 0 Å². The predicted octanol–water partition coefficient (Wildman–Crippen LogP) is 3.00. The van der Waals surface area contributed by atoms with Crippen LogP contribution in [0.3, 0.4) is 0 Å². The van der Waals surface area contributed by atoms with Crippen LogP contribution in [0.1, 0.15) is 54.4 Å². The lowest BCUT2D eigenvalue weighted by Crippen LogP contribution is -2.47. The molecule has 0 aliphatic carbocycles. The summed E-state index contributed by atoms with van der Waals surface area (Å²) in [6.07, 6.45) is 1.83. The minimum absolute atomic E-state index is 0.0833. The van der Waals surface area contributed by atoms with Gasteiger partial charge in [0.15, 0.2) is 5.79 Å². The summed E-state index contributed by atoms with van der Waals surface area (Å²) in [5.74, 6) is -0.417. The molecule has 0 aromatic carbocycles. The summed E-state index contributed by atoms with van der Waals surface area (Å²) in [7, 11) is 7.08. The molecule has 3 N–H and O–H groups in total. The van der Waals surface area contributed by atoms with E-state index in [1.165, 1.54) is 0 Å². The number of hydrogen-bond donors (Lipinski definition) is 3. The van der Waals surface area contributed by atoms with E-state index in [1.54, 1.807) is 14.2 Å². The standard InChI is InChI=1S/C5H14N2.C5H11N.C5H12O2/c1-5(2,6-3)7-4;1-3-5(6)4-2;1-5(2,6-3)7-4/h6-7H,1-4H3;6H,3-4H2,1-2H3;1-4H3. The highest BCUT2D eigenvalue weighted by molar-refractivity contribution is 5.80. The molecule has 0 spiro atoms.